The van der Waals surface area contributed by atoms with Crippen molar-refractivity contribution in [3.05, 3.63) is 63.1 Å². The molecule has 0 spiro atoms. The van der Waals surface area contributed by atoms with Crippen LogP contribution in [-0.2, 0) is 22.3 Å². The first-order valence-electron chi connectivity index (χ1n) is 7.02. The number of benzene rings is 1. The van der Waals surface area contributed by atoms with Crippen LogP contribution in [0.4, 0.5) is 0 Å². The third kappa shape index (κ3) is 3.06. The maximum Gasteiger partial charge on any atom is 0.339 e. The molecule has 0 aliphatic heterocycles. The Labute approximate surface area is 141 Å². The molecule has 0 saturated heterocycles. The van der Waals surface area contributed by atoms with Gasteiger partial charge >= 0.3 is 5.69 Å². The van der Waals surface area contributed by atoms with Gasteiger partial charge in [-0.15, -0.1) is 0 Å². The van der Waals surface area contributed by atoms with E-state index in [1.807, 2.05) is 30.3 Å². The first-order valence-corrected chi connectivity index (χ1v) is 8.35. The third-order valence-corrected chi connectivity index (χ3v) is 4.39. The number of hydrogen-bond acceptors (Lipinski definition) is 5. The lowest BCUT2D eigenvalue weighted by molar-refractivity contribution is 0.275. The van der Waals surface area contributed by atoms with Crippen molar-refractivity contribution >= 4 is 29.6 Å². The van der Waals surface area contributed by atoms with E-state index in [0.29, 0.717) is 17.7 Å². The van der Waals surface area contributed by atoms with E-state index >= 15 is 0 Å². The van der Waals surface area contributed by atoms with E-state index in [1.165, 1.54) is 11.7 Å². The molecule has 2 unspecified atom stereocenters. The van der Waals surface area contributed by atoms with E-state index in [4.69, 9.17) is 9.05 Å². The second kappa shape index (κ2) is 7.36. The van der Waals surface area contributed by atoms with Crippen LogP contribution in [0.5, 0.6) is 0 Å². The number of hydrogen-bond donors (Lipinski definition) is 0. The summed E-state index contributed by atoms with van der Waals surface area (Å²) in [5, 5.41) is 0. The molecule has 0 amide bonds. The molecular formula is C14H16N4O4P2. The minimum atomic E-state index is -0.514. The van der Waals surface area contributed by atoms with E-state index in [2.05, 4.69) is 14.5 Å². The van der Waals surface area contributed by atoms with Crippen molar-refractivity contribution < 1.29 is 9.05 Å². The summed E-state index contributed by atoms with van der Waals surface area (Å²) in [6, 6.07) is 9.70. The number of nitrogens with zero attached hydrogens (tertiary/aromatic N) is 4. The van der Waals surface area contributed by atoms with E-state index in [9.17, 15) is 9.59 Å². The third-order valence-electron chi connectivity index (χ3n) is 3.48. The summed E-state index contributed by atoms with van der Waals surface area (Å²) in [6.45, 7) is 0.444. The number of fused-ring (bicyclic) bond motifs is 1. The van der Waals surface area contributed by atoms with Crippen molar-refractivity contribution in [1.82, 2.24) is 18.5 Å². The Morgan fingerprint density at radius 3 is 2.67 bits per heavy atom. The molecule has 3 rings (SSSR count). The molecular weight excluding hydrogens is 350 g/mol. The molecule has 10 heteroatoms. The minimum absolute atomic E-state index is 0.0309. The van der Waals surface area contributed by atoms with Gasteiger partial charge in [-0.05, 0) is 5.56 Å². The summed E-state index contributed by atoms with van der Waals surface area (Å²) in [7, 11) is 3.11. The summed E-state index contributed by atoms with van der Waals surface area (Å²) in [5.74, 6) is 0. The van der Waals surface area contributed by atoms with Crippen LogP contribution in [0.1, 0.15) is 5.56 Å². The van der Waals surface area contributed by atoms with Crippen molar-refractivity contribution in [2.45, 2.75) is 13.3 Å². The van der Waals surface area contributed by atoms with Crippen LogP contribution in [0, 0.1) is 0 Å². The molecule has 0 aliphatic carbocycles. The fourth-order valence-electron chi connectivity index (χ4n) is 2.45. The molecule has 8 nitrogen and oxygen atoms in total. The van der Waals surface area contributed by atoms with Crippen LogP contribution < -0.4 is 11.2 Å². The Hall–Kier alpha value is -1.85. The van der Waals surface area contributed by atoms with Crippen LogP contribution in [-0.4, -0.2) is 25.6 Å². The van der Waals surface area contributed by atoms with E-state index in [1.54, 1.807) is 10.9 Å². The zero-order chi connectivity index (χ0) is 17.1. The van der Waals surface area contributed by atoms with E-state index in [-0.39, 0.29) is 6.73 Å². The molecule has 0 bridgehead atoms. The summed E-state index contributed by atoms with van der Waals surface area (Å²) >= 11 is 0. The van der Waals surface area contributed by atoms with Gasteiger partial charge in [-0.2, -0.15) is 0 Å². The average Bonchev–Trinajstić information content (AvgIpc) is 3.00. The molecule has 3 aromatic rings. The number of rotatable bonds is 6. The van der Waals surface area contributed by atoms with Gasteiger partial charge in [0.25, 0.3) is 5.56 Å². The molecule has 2 atom stereocenters. The van der Waals surface area contributed by atoms with Crippen molar-refractivity contribution in [2.75, 3.05) is 7.11 Å². The van der Waals surface area contributed by atoms with Crippen LogP contribution >= 0.6 is 18.4 Å². The fourth-order valence-corrected chi connectivity index (χ4v) is 3.17. The Balaban J connectivity index is 2.23. The summed E-state index contributed by atoms with van der Waals surface area (Å²) in [5.41, 5.74) is 0.714. The van der Waals surface area contributed by atoms with Gasteiger partial charge in [0.2, 0.25) is 0 Å². The van der Waals surface area contributed by atoms with Crippen LogP contribution in [0.3, 0.4) is 0 Å². The predicted molar refractivity (Wildman–Crippen MR) is 95.3 cm³/mol. The maximum atomic E-state index is 12.7. The Morgan fingerprint density at radius 2 is 2.00 bits per heavy atom. The summed E-state index contributed by atoms with van der Waals surface area (Å²) < 4.78 is 14.1. The topological polar surface area (TPSA) is 80.3 Å². The molecule has 1 aromatic carbocycles. The van der Waals surface area contributed by atoms with Crippen molar-refractivity contribution in [3.8, 4) is 0 Å². The molecule has 126 valence electrons. The predicted octanol–water partition coefficient (Wildman–Crippen LogP) is 1.18. The Bertz CT molecular complexity index is 965. The van der Waals surface area contributed by atoms with Gasteiger partial charge in [0, 0.05) is 23.1 Å². The monoisotopic (exact) mass is 366 g/mol. The average molecular weight is 366 g/mol. The highest BCUT2D eigenvalue weighted by Gasteiger charge is 2.18. The zero-order valence-corrected chi connectivity index (χ0v) is 15.0. The molecule has 2 heterocycles. The van der Waals surface area contributed by atoms with Crippen molar-refractivity contribution in [1.29, 1.82) is 0 Å². The first-order chi connectivity index (χ1) is 11.7. The first kappa shape index (κ1) is 17.0. The highest BCUT2D eigenvalue weighted by molar-refractivity contribution is 7.30. The van der Waals surface area contributed by atoms with Gasteiger partial charge in [0.1, 0.15) is 15.7 Å². The van der Waals surface area contributed by atoms with E-state index in [0.717, 1.165) is 9.90 Å². The summed E-state index contributed by atoms with van der Waals surface area (Å²) in [6.07, 6.45) is 1.55. The van der Waals surface area contributed by atoms with Gasteiger partial charge in [-0.25, -0.2) is 14.1 Å². The molecule has 0 radical (unpaired) electrons. The Kier molecular flexibility index (Phi) is 5.21. The van der Waals surface area contributed by atoms with Gasteiger partial charge in [-0.3, -0.25) is 9.36 Å². The largest absolute Gasteiger partial charge is 0.344 e. The molecule has 0 aliphatic rings. The lowest BCUT2D eigenvalue weighted by Gasteiger charge is -2.11. The van der Waals surface area contributed by atoms with Crippen LogP contribution in [0.15, 0.2) is 46.2 Å². The second-order valence-corrected chi connectivity index (χ2v) is 6.34. The Morgan fingerprint density at radius 1 is 1.25 bits per heavy atom. The van der Waals surface area contributed by atoms with E-state index < -0.39 is 20.2 Å². The number of aromatic nitrogens is 4. The minimum Gasteiger partial charge on any atom is -0.344 e. The van der Waals surface area contributed by atoms with Crippen LogP contribution in [0.25, 0.3) is 11.2 Å². The highest BCUT2D eigenvalue weighted by atomic mass is 31.1. The highest BCUT2D eigenvalue weighted by Crippen LogP contribution is 2.14. The lowest BCUT2D eigenvalue weighted by atomic mass is 10.2. The quantitative estimate of drug-likeness (QED) is 0.612. The standard InChI is InChI=1S/C14H16N4O4P2/c1-21-24-18-13(19)11-12(17(9-22-23)14(18)20)15-8-16(11)7-10-5-3-2-4-6-10/h2-6,8,24H,7,9,23H2,1H3. The molecule has 0 N–H and O–H groups in total. The lowest BCUT2D eigenvalue weighted by Crippen LogP contribution is -2.37. The number of imidazole rings is 1. The molecule has 2 aromatic heterocycles. The van der Waals surface area contributed by atoms with Gasteiger partial charge in [0.15, 0.2) is 11.2 Å². The van der Waals surface area contributed by atoms with Gasteiger partial charge in [-0.1, -0.05) is 30.3 Å². The molecule has 24 heavy (non-hydrogen) atoms. The maximum absolute atomic E-state index is 12.7. The zero-order valence-electron chi connectivity index (χ0n) is 12.9. The SMILES string of the molecule is COPn1c(=O)c2c(ncn2Cc2ccccc2)n(COP)c1=O. The smallest absolute Gasteiger partial charge is 0.339 e. The van der Waals surface area contributed by atoms with Crippen molar-refractivity contribution in [3.63, 3.8) is 0 Å². The second-order valence-electron chi connectivity index (χ2n) is 4.97. The van der Waals surface area contributed by atoms with Crippen LogP contribution in [0.2, 0.25) is 0 Å². The van der Waals surface area contributed by atoms with Crippen molar-refractivity contribution in [2.24, 2.45) is 0 Å². The summed E-state index contributed by atoms with van der Waals surface area (Å²) in [4.78, 5) is 29.4. The van der Waals surface area contributed by atoms with Gasteiger partial charge < -0.3 is 13.6 Å². The molecule has 0 saturated carbocycles. The molecule has 0 fully saturated rings. The van der Waals surface area contributed by atoms with Gasteiger partial charge in [0.05, 0.1) is 6.33 Å². The fraction of sp³-hybridized carbons (Fsp3) is 0.214. The normalized spacial score (nSPS) is 11.8.